The van der Waals surface area contributed by atoms with Crippen molar-refractivity contribution in [1.29, 1.82) is 0 Å². The van der Waals surface area contributed by atoms with E-state index in [1.54, 1.807) is 0 Å². The van der Waals surface area contributed by atoms with Crippen molar-refractivity contribution in [2.45, 2.75) is 50.6 Å². The van der Waals surface area contributed by atoms with E-state index in [-0.39, 0.29) is 17.5 Å². The smallest absolute Gasteiger partial charge is 0.475 e. The Labute approximate surface area is 219 Å². The number of amides is 2. The van der Waals surface area contributed by atoms with E-state index in [9.17, 15) is 31.1 Å². The first-order valence-electron chi connectivity index (χ1n) is 12.0. The molecule has 2 atom stereocenters. The Kier molecular flexibility index (Phi) is 11.3. The normalized spacial score (nSPS) is 23.3. The van der Waals surface area contributed by atoms with E-state index in [0.717, 1.165) is 77.3 Å². The van der Waals surface area contributed by atoms with Gasteiger partial charge in [0.25, 0.3) is 0 Å². The molecule has 3 aliphatic heterocycles. The van der Waals surface area contributed by atoms with Gasteiger partial charge in [0.15, 0.2) is 0 Å². The Balaban J connectivity index is 0.000000317. The molecule has 4 heterocycles. The molecular formula is C23H30F6N4O6. The van der Waals surface area contributed by atoms with Crippen molar-refractivity contribution in [3.63, 3.8) is 0 Å². The molecule has 0 aromatic carbocycles. The zero-order valence-electron chi connectivity index (χ0n) is 20.8. The number of urea groups is 1. The number of carboxylic acid groups (broad SMARTS) is 2. The van der Waals surface area contributed by atoms with Gasteiger partial charge in [0.1, 0.15) is 0 Å². The third-order valence-corrected chi connectivity index (χ3v) is 6.43. The highest BCUT2D eigenvalue weighted by Gasteiger charge is 2.47. The number of alkyl halides is 6. The van der Waals surface area contributed by atoms with E-state index in [4.69, 9.17) is 24.5 Å². The van der Waals surface area contributed by atoms with Crippen molar-refractivity contribution >= 4 is 18.0 Å². The third kappa shape index (κ3) is 10.2. The van der Waals surface area contributed by atoms with Gasteiger partial charge in [0.2, 0.25) is 0 Å². The molecule has 3 N–H and O–H groups in total. The average Bonchev–Trinajstić information content (AvgIpc) is 3.52. The topological polar surface area (TPSA) is 132 Å². The lowest BCUT2D eigenvalue weighted by atomic mass is 9.77. The Morgan fingerprint density at radius 1 is 1.03 bits per heavy atom. The van der Waals surface area contributed by atoms with Crippen LogP contribution in [-0.4, -0.2) is 101 Å². The van der Waals surface area contributed by atoms with Gasteiger partial charge in [-0.2, -0.15) is 26.3 Å². The van der Waals surface area contributed by atoms with Gasteiger partial charge in [-0.1, -0.05) is 6.07 Å². The van der Waals surface area contributed by atoms with Crippen LogP contribution in [0.4, 0.5) is 31.1 Å². The Morgan fingerprint density at radius 2 is 1.62 bits per heavy atom. The maximum absolute atomic E-state index is 12.6. The van der Waals surface area contributed by atoms with E-state index in [1.807, 2.05) is 23.2 Å². The number of halogens is 6. The molecule has 16 heteroatoms. The predicted octanol–water partition coefficient (Wildman–Crippen LogP) is 3.13. The molecule has 1 aromatic rings. The summed E-state index contributed by atoms with van der Waals surface area (Å²) in [6, 6.07) is 6.40. The summed E-state index contributed by atoms with van der Waals surface area (Å²) in [6.07, 6.45) is -4.07. The van der Waals surface area contributed by atoms with E-state index >= 15 is 0 Å². The van der Waals surface area contributed by atoms with Crippen LogP contribution < -0.4 is 5.32 Å². The van der Waals surface area contributed by atoms with Crippen LogP contribution in [0.3, 0.4) is 0 Å². The zero-order chi connectivity index (χ0) is 29.3. The van der Waals surface area contributed by atoms with Gasteiger partial charge in [0.05, 0.1) is 12.3 Å². The minimum Gasteiger partial charge on any atom is -0.475 e. The number of hydrogen-bond acceptors (Lipinski definition) is 6. The third-order valence-electron chi connectivity index (χ3n) is 6.43. The standard InChI is InChI=1S/C19H28N4O2.2C2HF3O2/c24-18(23-9-3-4-10-23)21-17-6-12-25-15-19(17)7-11-22(14-19)13-16-5-1-2-8-20-16;2*3-2(4,5)1(6)7/h1-2,5,8,17H,3-4,6-7,9-15H2,(H,21,24);2*(H,6,7). The van der Waals surface area contributed by atoms with Gasteiger partial charge in [-0.05, 0) is 44.4 Å². The van der Waals surface area contributed by atoms with Crippen LogP contribution in [0.5, 0.6) is 0 Å². The van der Waals surface area contributed by atoms with Gasteiger partial charge in [-0.3, -0.25) is 9.88 Å². The Bertz CT molecular complexity index is 935. The highest BCUT2D eigenvalue weighted by molar-refractivity contribution is 5.75. The first-order valence-corrected chi connectivity index (χ1v) is 12.0. The molecule has 1 aromatic heterocycles. The first-order chi connectivity index (χ1) is 18.1. The van der Waals surface area contributed by atoms with Crippen LogP contribution >= 0.6 is 0 Å². The fourth-order valence-electron chi connectivity index (χ4n) is 4.51. The molecule has 3 aliphatic rings. The number of pyridine rings is 1. The zero-order valence-corrected chi connectivity index (χ0v) is 20.8. The molecule has 10 nitrogen and oxygen atoms in total. The summed E-state index contributed by atoms with van der Waals surface area (Å²) < 4.78 is 69.3. The summed E-state index contributed by atoms with van der Waals surface area (Å²) >= 11 is 0. The van der Waals surface area contributed by atoms with Crippen LogP contribution in [0.15, 0.2) is 24.4 Å². The second-order valence-corrected chi connectivity index (χ2v) is 9.29. The first kappa shape index (κ1) is 32.1. The quantitative estimate of drug-likeness (QED) is 0.471. The van der Waals surface area contributed by atoms with Crippen molar-refractivity contribution in [2.75, 3.05) is 39.4 Å². The van der Waals surface area contributed by atoms with Crippen molar-refractivity contribution in [1.82, 2.24) is 20.1 Å². The largest absolute Gasteiger partial charge is 0.490 e. The summed E-state index contributed by atoms with van der Waals surface area (Å²) in [7, 11) is 0. The maximum atomic E-state index is 12.6. The van der Waals surface area contributed by atoms with Gasteiger partial charge in [-0.25, -0.2) is 14.4 Å². The number of carbonyl (C=O) groups excluding carboxylic acids is 1. The number of carboxylic acids is 2. The second kappa shape index (κ2) is 13.8. The van der Waals surface area contributed by atoms with Crippen molar-refractivity contribution in [3.8, 4) is 0 Å². The monoisotopic (exact) mass is 572 g/mol. The van der Waals surface area contributed by atoms with E-state index in [1.165, 1.54) is 0 Å². The lowest BCUT2D eigenvalue weighted by Crippen LogP contribution is -2.56. The minimum absolute atomic E-state index is 0.0441. The van der Waals surface area contributed by atoms with Crippen LogP contribution in [0.1, 0.15) is 31.4 Å². The maximum Gasteiger partial charge on any atom is 0.490 e. The highest BCUT2D eigenvalue weighted by Crippen LogP contribution is 2.39. The van der Waals surface area contributed by atoms with Gasteiger partial charge in [0, 0.05) is 50.4 Å². The van der Waals surface area contributed by atoms with Gasteiger partial charge in [-0.15, -0.1) is 0 Å². The van der Waals surface area contributed by atoms with Crippen LogP contribution in [0.25, 0.3) is 0 Å². The molecule has 220 valence electrons. The van der Waals surface area contributed by atoms with Crippen LogP contribution in [0, 0.1) is 5.41 Å². The number of rotatable bonds is 3. The number of aromatic nitrogens is 1. The molecule has 2 amide bonds. The summed E-state index contributed by atoms with van der Waals surface area (Å²) in [5, 5.41) is 17.6. The average molecular weight is 573 g/mol. The molecule has 4 rings (SSSR count). The van der Waals surface area contributed by atoms with Crippen molar-refractivity contribution in [2.24, 2.45) is 5.41 Å². The van der Waals surface area contributed by atoms with E-state index < -0.39 is 24.3 Å². The summed E-state index contributed by atoms with van der Waals surface area (Å²) in [5.41, 5.74) is 1.15. The van der Waals surface area contributed by atoms with Gasteiger partial charge < -0.3 is 25.2 Å². The Morgan fingerprint density at radius 3 is 2.13 bits per heavy atom. The number of nitrogens with zero attached hydrogens (tertiary/aromatic N) is 3. The molecule has 39 heavy (non-hydrogen) atoms. The number of ether oxygens (including phenoxy) is 1. The van der Waals surface area contributed by atoms with E-state index in [0.29, 0.717) is 0 Å². The molecule has 0 saturated carbocycles. The van der Waals surface area contributed by atoms with Crippen LogP contribution in [-0.2, 0) is 20.9 Å². The van der Waals surface area contributed by atoms with Crippen molar-refractivity contribution in [3.05, 3.63) is 30.1 Å². The Hall–Kier alpha value is -3.14. The molecule has 1 spiro atoms. The van der Waals surface area contributed by atoms with Crippen molar-refractivity contribution < 1.29 is 55.7 Å². The summed E-state index contributed by atoms with van der Waals surface area (Å²) in [6.45, 7) is 6.16. The lowest BCUT2D eigenvalue weighted by molar-refractivity contribution is -0.193. The number of nitrogens with one attached hydrogen (secondary N) is 1. The molecule has 0 aliphatic carbocycles. The predicted molar refractivity (Wildman–Crippen MR) is 123 cm³/mol. The highest BCUT2D eigenvalue weighted by atomic mass is 19.4. The fourth-order valence-corrected chi connectivity index (χ4v) is 4.51. The number of carbonyl (C=O) groups is 3. The molecule has 3 fully saturated rings. The number of likely N-dealkylation sites (tertiary alicyclic amines) is 2. The summed E-state index contributed by atoms with van der Waals surface area (Å²) in [4.78, 5) is 39.2. The van der Waals surface area contributed by atoms with Crippen LogP contribution in [0.2, 0.25) is 0 Å². The molecule has 3 saturated heterocycles. The minimum atomic E-state index is -5.08. The number of hydrogen-bond donors (Lipinski definition) is 3. The lowest BCUT2D eigenvalue weighted by Gasteiger charge is -2.42. The fraction of sp³-hybridized carbons (Fsp3) is 0.652. The molecule has 0 radical (unpaired) electrons. The molecule has 0 bridgehead atoms. The molecular weight excluding hydrogens is 542 g/mol. The SMILES string of the molecule is O=C(NC1CCOCC12CCN(Cc1ccccn1)C2)N1CCCC1.O=C(O)C(F)(F)F.O=C(O)C(F)(F)F. The number of aliphatic carboxylic acids is 2. The van der Waals surface area contributed by atoms with Gasteiger partial charge >= 0.3 is 30.3 Å². The second-order valence-electron chi connectivity index (χ2n) is 9.29. The summed E-state index contributed by atoms with van der Waals surface area (Å²) in [5.74, 6) is -5.51. The molecule has 2 unspecified atom stereocenters. The van der Waals surface area contributed by atoms with E-state index in [2.05, 4.69) is 21.3 Å².